The van der Waals surface area contributed by atoms with E-state index >= 15 is 0 Å². The van der Waals surface area contributed by atoms with Crippen LogP contribution < -0.4 is 11.1 Å². The first kappa shape index (κ1) is 35.9. The van der Waals surface area contributed by atoms with Gasteiger partial charge in [0.2, 0.25) is 11.8 Å². The molecule has 3 amide bonds. The van der Waals surface area contributed by atoms with Crippen molar-refractivity contribution in [2.75, 3.05) is 38.2 Å². The molecule has 280 valence electrons. The second-order valence-electron chi connectivity index (χ2n) is 14.5. The number of aromatic nitrogens is 4. The van der Waals surface area contributed by atoms with Crippen LogP contribution in [-0.2, 0) is 14.3 Å². The number of hydrogen-bond acceptors (Lipinski definition) is 8. The van der Waals surface area contributed by atoms with Crippen molar-refractivity contribution in [3.8, 4) is 33.6 Å². The number of amides is 3. The molecule has 3 atom stereocenters. The van der Waals surface area contributed by atoms with E-state index in [-0.39, 0.29) is 36.4 Å². The molecule has 3 saturated heterocycles. The SMILES string of the molecule is COC(=O)NCC(=O)N1CCCC1c1ncc(-c2ccc3cc(-c4ccc(-c5cnc(C6CCCN6C(=O)C(N)C6CCSCC6)[nH]5)cc4)ccc3c2)[nH]1. The number of aromatic amines is 2. The van der Waals surface area contributed by atoms with Gasteiger partial charge in [-0.3, -0.25) is 9.59 Å². The summed E-state index contributed by atoms with van der Waals surface area (Å²) in [7, 11) is 1.27. The summed E-state index contributed by atoms with van der Waals surface area (Å²) in [6.07, 6.45) is 8.60. The first-order valence-electron chi connectivity index (χ1n) is 18.9. The van der Waals surface area contributed by atoms with E-state index in [9.17, 15) is 14.4 Å². The number of carbonyl (C=O) groups is 3. The number of nitrogens with one attached hydrogen (secondary N) is 3. The molecule has 0 aliphatic carbocycles. The average Bonchev–Trinajstić information content (AvgIpc) is 4.06. The number of methoxy groups -OCH3 is 1. The van der Waals surface area contributed by atoms with Gasteiger partial charge in [0.15, 0.2) is 0 Å². The number of hydrogen-bond donors (Lipinski definition) is 4. The maximum Gasteiger partial charge on any atom is 0.407 e. The summed E-state index contributed by atoms with van der Waals surface area (Å²) in [6.45, 7) is 1.23. The van der Waals surface area contributed by atoms with Crippen LogP contribution in [0.1, 0.15) is 62.3 Å². The number of nitrogens with two attached hydrogens (primary N) is 1. The van der Waals surface area contributed by atoms with Gasteiger partial charge in [0.25, 0.3) is 0 Å². The lowest BCUT2D eigenvalue weighted by Gasteiger charge is -2.31. The van der Waals surface area contributed by atoms with Gasteiger partial charge in [-0.1, -0.05) is 48.5 Å². The van der Waals surface area contributed by atoms with Gasteiger partial charge in [0.1, 0.15) is 18.2 Å². The van der Waals surface area contributed by atoms with E-state index in [0.717, 1.165) is 113 Å². The summed E-state index contributed by atoms with van der Waals surface area (Å²) in [6, 6.07) is 20.6. The molecule has 0 radical (unpaired) electrons. The molecular formula is C41H46N8O4S. The van der Waals surface area contributed by atoms with Crippen LogP contribution in [0.2, 0.25) is 0 Å². The molecule has 5 N–H and O–H groups in total. The zero-order valence-electron chi connectivity index (χ0n) is 30.4. The van der Waals surface area contributed by atoms with E-state index in [1.54, 1.807) is 4.90 Å². The van der Waals surface area contributed by atoms with Crippen molar-refractivity contribution in [3.63, 3.8) is 0 Å². The Labute approximate surface area is 318 Å². The van der Waals surface area contributed by atoms with Gasteiger partial charge < -0.3 is 35.6 Å². The molecule has 0 saturated carbocycles. The van der Waals surface area contributed by atoms with Gasteiger partial charge in [-0.25, -0.2) is 14.8 Å². The van der Waals surface area contributed by atoms with Crippen molar-refractivity contribution in [2.45, 2.75) is 56.7 Å². The molecule has 3 unspecified atom stereocenters. The first-order valence-corrected chi connectivity index (χ1v) is 20.0. The van der Waals surface area contributed by atoms with E-state index in [1.807, 2.05) is 29.1 Å². The van der Waals surface area contributed by atoms with Crippen LogP contribution in [0, 0.1) is 5.92 Å². The molecule has 2 aromatic heterocycles. The number of likely N-dealkylation sites (tertiary alicyclic amines) is 2. The van der Waals surface area contributed by atoms with Crippen molar-refractivity contribution < 1.29 is 19.1 Å². The molecule has 8 rings (SSSR count). The van der Waals surface area contributed by atoms with Crippen LogP contribution in [-0.4, -0.2) is 91.9 Å². The van der Waals surface area contributed by atoms with E-state index in [1.165, 1.54) is 7.11 Å². The highest BCUT2D eigenvalue weighted by Gasteiger charge is 2.37. The van der Waals surface area contributed by atoms with Crippen LogP contribution in [0.15, 0.2) is 73.1 Å². The monoisotopic (exact) mass is 746 g/mol. The number of alkyl carbamates (subject to hydrolysis) is 1. The second-order valence-corrected chi connectivity index (χ2v) is 15.7. The highest BCUT2D eigenvalue weighted by atomic mass is 32.2. The quantitative estimate of drug-likeness (QED) is 0.134. The Bertz CT molecular complexity index is 2140. The number of nitrogens with zero attached hydrogens (tertiary/aromatic N) is 4. The molecule has 3 fully saturated rings. The molecule has 3 aromatic carbocycles. The predicted molar refractivity (Wildman–Crippen MR) is 210 cm³/mol. The summed E-state index contributed by atoms with van der Waals surface area (Å²) in [4.78, 5) is 57.8. The van der Waals surface area contributed by atoms with Gasteiger partial charge in [0, 0.05) is 18.7 Å². The number of ether oxygens (including phenoxy) is 1. The van der Waals surface area contributed by atoms with Gasteiger partial charge in [-0.2, -0.15) is 11.8 Å². The number of imidazole rings is 2. The van der Waals surface area contributed by atoms with E-state index in [0.29, 0.717) is 6.54 Å². The fraction of sp³-hybridized carbons (Fsp3) is 0.390. The van der Waals surface area contributed by atoms with Crippen LogP contribution in [0.25, 0.3) is 44.4 Å². The van der Waals surface area contributed by atoms with Crippen molar-refractivity contribution in [1.29, 1.82) is 0 Å². The Kier molecular flexibility index (Phi) is 10.4. The van der Waals surface area contributed by atoms with Gasteiger partial charge in [-0.05, 0) is 95.5 Å². The lowest BCUT2D eigenvalue weighted by Crippen LogP contribution is -2.48. The second kappa shape index (κ2) is 15.7. The smallest absolute Gasteiger partial charge is 0.407 e. The van der Waals surface area contributed by atoms with Crippen molar-refractivity contribution in [2.24, 2.45) is 11.7 Å². The summed E-state index contributed by atoms with van der Waals surface area (Å²) < 4.78 is 4.59. The topological polar surface area (TPSA) is 162 Å². The van der Waals surface area contributed by atoms with Crippen LogP contribution in [0.3, 0.4) is 0 Å². The van der Waals surface area contributed by atoms with Crippen LogP contribution in [0.4, 0.5) is 4.79 Å². The number of fused-ring (bicyclic) bond motifs is 1. The number of H-pyrrole nitrogens is 2. The molecule has 3 aliphatic heterocycles. The van der Waals surface area contributed by atoms with Crippen molar-refractivity contribution in [1.82, 2.24) is 35.1 Å². The third-order valence-corrected chi connectivity index (χ3v) is 12.3. The number of thioether (sulfide) groups is 1. The number of benzene rings is 3. The fourth-order valence-electron chi connectivity index (χ4n) is 8.19. The number of carbonyl (C=O) groups excluding carboxylic acids is 3. The van der Waals surface area contributed by atoms with Gasteiger partial charge in [-0.15, -0.1) is 0 Å². The summed E-state index contributed by atoms with van der Waals surface area (Å²) in [5, 5.41) is 4.71. The molecule has 3 aliphatic rings. The largest absolute Gasteiger partial charge is 0.453 e. The predicted octanol–water partition coefficient (Wildman–Crippen LogP) is 6.44. The molecule has 13 heteroatoms. The van der Waals surface area contributed by atoms with E-state index in [2.05, 4.69) is 85.7 Å². The minimum Gasteiger partial charge on any atom is -0.453 e. The van der Waals surface area contributed by atoms with Crippen molar-refractivity contribution in [3.05, 3.63) is 84.7 Å². The first-order chi connectivity index (χ1) is 26.4. The minimum atomic E-state index is -0.627. The zero-order valence-corrected chi connectivity index (χ0v) is 31.2. The van der Waals surface area contributed by atoms with Crippen molar-refractivity contribution >= 4 is 40.4 Å². The molecule has 5 aromatic rings. The maximum atomic E-state index is 13.5. The summed E-state index contributed by atoms with van der Waals surface area (Å²) >= 11 is 1.95. The fourth-order valence-corrected chi connectivity index (χ4v) is 9.34. The van der Waals surface area contributed by atoms with Crippen LogP contribution in [0.5, 0.6) is 0 Å². The van der Waals surface area contributed by atoms with Gasteiger partial charge in [0.05, 0.1) is 49.0 Å². The highest BCUT2D eigenvalue weighted by Crippen LogP contribution is 2.36. The molecule has 12 nitrogen and oxygen atoms in total. The Hall–Kier alpha value is -5.14. The molecule has 0 bridgehead atoms. The highest BCUT2D eigenvalue weighted by molar-refractivity contribution is 7.99. The van der Waals surface area contributed by atoms with Crippen LogP contribution >= 0.6 is 11.8 Å². The maximum absolute atomic E-state index is 13.5. The van der Waals surface area contributed by atoms with E-state index < -0.39 is 12.1 Å². The summed E-state index contributed by atoms with van der Waals surface area (Å²) in [5.41, 5.74) is 12.6. The standard InChI is InChI=1S/C41H46N8O4S/c1-53-41(52)45-24-36(50)48-16-2-4-34(48)38-44-23-33(47-38)31-13-12-29-20-28(10-11-30(29)21-31)25-6-8-26(9-7-25)32-22-43-39(46-32)35-5-3-17-49(35)40(51)37(42)27-14-18-54-19-15-27/h6-13,20-23,27,34-35,37H,2-5,14-19,24,42H2,1H3,(H,43,46)(H,44,47)(H,45,52). The Morgan fingerprint density at radius 2 is 1.35 bits per heavy atom. The minimum absolute atomic E-state index is 0.0628. The third-order valence-electron chi connectivity index (χ3n) is 11.2. The lowest BCUT2D eigenvalue weighted by atomic mass is 9.93. The molecular weight excluding hydrogens is 701 g/mol. The molecule has 0 spiro atoms. The normalized spacial score (nSPS) is 19.7. The Morgan fingerprint density at radius 3 is 2.02 bits per heavy atom. The average molecular weight is 747 g/mol. The summed E-state index contributed by atoms with van der Waals surface area (Å²) in [5.74, 6) is 3.90. The molecule has 54 heavy (non-hydrogen) atoms. The lowest BCUT2D eigenvalue weighted by molar-refractivity contribution is -0.135. The third kappa shape index (κ3) is 7.34. The van der Waals surface area contributed by atoms with Gasteiger partial charge >= 0.3 is 6.09 Å². The number of rotatable bonds is 9. The Morgan fingerprint density at radius 1 is 0.796 bits per heavy atom. The zero-order chi connectivity index (χ0) is 37.2. The molecule has 5 heterocycles. The Balaban J connectivity index is 0.926. The van der Waals surface area contributed by atoms with E-state index in [4.69, 9.17) is 10.7 Å².